The normalized spacial score (nSPS) is 33.8. The van der Waals surface area contributed by atoms with Crippen molar-refractivity contribution in [2.24, 2.45) is 17.6 Å². The van der Waals surface area contributed by atoms with Crippen molar-refractivity contribution < 1.29 is 28.5 Å². The maximum atomic E-state index is 14.1. The van der Waals surface area contributed by atoms with Crippen LogP contribution >= 0.6 is 0 Å². The smallest absolute Gasteiger partial charge is 0.341 e. The summed E-state index contributed by atoms with van der Waals surface area (Å²) in [4.78, 5) is 27.0. The predicted octanol–water partition coefficient (Wildman–Crippen LogP) is 4.04. The number of carbonyl (C=O) groups is 1. The SMILES string of the molecule is Cc1cc(=O)c2c(O)c3c(cc2o1)OC(C)(C)C1OC(=O)C2(OC2CCC2=CCNC(N)=C2)C2CCC(CC2)C31. The Morgan fingerprint density at radius 2 is 1.93 bits per heavy atom. The molecule has 1 aliphatic carbocycles. The van der Waals surface area contributed by atoms with Crippen LogP contribution in [-0.2, 0) is 14.3 Å². The summed E-state index contributed by atoms with van der Waals surface area (Å²) in [6.45, 7) is 6.23. The molecule has 4 fully saturated rings. The van der Waals surface area contributed by atoms with Gasteiger partial charge in [-0.1, -0.05) is 6.08 Å². The molecule has 9 heteroatoms. The second-order valence-electron chi connectivity index (χ2n) is 12.6. The Balaban J connectivity index is 1.26. The molecule has 4 N–H and O–H groups in total. The first-order chi connectivity index (χ1) is 19.1. The first kappa shape index (κ1) is 25.5. The van der Waals surface area contributed by atoms with Crippen molar-refractivity contribution >= 4 is 16.9 Å². The second-order valence-corrected chi connectivity index (χ2v) is 12.6. The minimum atomic E-state index is -0.955. The zero-order valence-electron chi connectivity index (χ0n) is 23.1. The van der Waals surface area contributed by atoms with Gasteiger partial charge in [0.25, 0.3) is 0 Å². The highest BCUT2D eigenvalue weighted by Gasteiger charge is 2.69. The fourth-order valence-electron chi connectivity index (χ4n) is 7.82. The Labute approximate surface area is 232 Å². The third kappa shape index (κ3) is 3.77. The van der Waals surface area contributed by atoms with Crippen molar-refractivity contribution in [3.63, 3.8) is 0 Å². The van der Waals surface area contributed by atoms with Crippen molar-refractivity contribution in [1.82, 2.24) is 5.32 Å². The summed E-state index contributed by atoms with van der Waals surface area (Å²) in [7, 11) is 0. The minimum Gasteiger partial charge on any atom is -0.507 e. The van der Waals surface area contributed by atoms with E-state index in [1.807, 2.05) is 19.9 Å². The number of rotatable bonds is 3. The summed E-state index contributed by atoms with van der Waals surface area (Å²) in [5.41, 5.74) is 5.76. The highest BCUT2D eigenvalue weighted by molar-refractivity contribution is 5.88. The van der Waals surface area contributed by atoms with E-state index >= 15 is 0 Å². The molecule has 4 atom stereocenters. The van der Waals surface area contributed by atoms with Crippen LogP contribution in [0.2, 0.25) is 0 Å². The summed E-state index contributed by atoms with van der Waals surface area (Å²) in [5, 5.41) is 14.8. The minimum absolute atomic E-state index is 0.0766. The van der Waals surface area contributed by atoms with Gasteiger partial charge in [0, 0.05) is 36.1 Å². The lowest BCUT2D eigenvalue weighted by molar-refractivity contribution is -0.172. The number of dihydropyridines is 1. The molecular formula is C31H36N2O7. The van der Waals surface area contributed by atoms with E-state index in [1.165, 1.54) is 6.07 Å². The van der Waals surface area contributed by atoms with E-state index in [2.05, 4.69) is 11.4 Å². The number of allylic oxidation sites excluding steroid dienone is 2. The standard InChI is InChI=1S/C31H36N2O7/c1-15-12-19(34)25-20(37-15)14-21-26(27(25)35)24-17-5-7-18(8-6-17)31(29(36)38-28(24)30(2,3)39-21)22(40-31)9-4-16-10-11-33-23(32)13-16/h10,12-14,17-18,22,24,28,33,35H,4-9,11,32H2,1-3H3. The van der Waals surface area contributed by atoms with Crippen LogP contribution in [0.25, 0.3) is 11.0 Å². The third-order valence-corrected chi connectivity index (χ3v) is 9.74. The van der Waals surface area contributed by atoms with E-state index in [0.29, 0.717) is 35.9 Å². The Morgan fingerprint density at radius 1 is 1.15 bits per heavy atom. The number of nitrogens with two attached hydrogens (primary N) is 1. The molecule has 4 unspecified atom stereocenters. The van der Waals surface area contributed by atoms with E-state index in [1.54, 1.807) is 13.0 Å². The molecule has 8 rings (SSSR count). The molecule has 1 saturated carbocycles. The monoisotopic (exact) mass is 548 g/mol. The number of phenols is 1. The molecule has 2 aromatic rings. The maximum Gasteiger partial charge on any atom is 0.341 e. The summed E-state index contributed by atoms with van der Waals surface area (Å²) in [6, 6.07) is 3.08. The molecule has 0 radical (unpaired) electrons. The van der Waals surface area contributed by atoms with Crippen molar-refractivity contribution in [3.05, 3.63) is 57.2 Å². The van der Waals surface area contributed by atoms with Crippen LogP contribution in [0, 0.1) is 18.8 Å². The maximum absolute atomic E-state index is 14.1. The van der Waals surface area contributed by atoms with E-state index < -0.39 is 17.3 Å². The van der Waals surface area contributed by atoms with Crippen LogP contribution in [0.3, 0.4) is 0 Å². The number of hydrogen-bond acceptors (Lipinski definition) is 9. The van der Waals surface area contributed by atoms with E-state index in [4.69, 9.17) is 24.4 Å². The van der Waals surface area contributed by atoms with Crippen LogP contribution < -0.4 is 21.2 Å². The Bertz CT molecular complexity index is 1530. The van der Waals surface area contributed by atoms with Crippen LogP contribution in [0.4, 0.5) is 0 Å². The van der Waals surface area contributed by atoms with Crippen molar-refractivity contribution in [2.45, 2.75) is 88.6 Å². The zero-order chi connectivity index (χ0) is 28.0. The molecule has 6 aliphatic rings. The molecule has 212 valence electrons. The average molecular weight is 549 g/mol. The highest BCUT2D eigenvalue weighted by atomic mass is 16.7. The van der Waals surface area contributed by atoms with Gasteiger partial charge in [-0.3, -0.25) is 4.79 Å². The molecule has 0 amide bonds. The molecular weight excluding hydrogens is 512 g/mol. The largest absolute Gasteiger partial charge is 0.507 e. The molecule has 6 heterocycles. The van der Waals surface area contributed by atoms with E-state index in [0.717, 1.165) is 37.7 Å². The van der Waals surface area contributed by atoms with Crippen LogP contribution in [-0.4, -0.2) is 41.0 Å². The molecule has 3 saturated heterocycles. The van der Waals surface area contributed by atoms with Crippen LogP contribution in [0.1, 0.15) is 69.6 Å². The number of aromatic hydroxyl groups is 1. The summed E-state index contributed by atoms with van der Waals surface area (Å²) >= 11 is 0. The molecule has 2 bridgehead atoms. The Morgan fingerprint density at radius 3 is 2.67 bits per heavy atom. The number of epoxide rings is 1. The third-order valence-electron chi connectivity index (χ3n) is 9.74. The molecule has 1 aromatic heterocycles. The Hall–Kier alpha value is -3.46. The van der Waals surface area contributed by atoms with E-state index in [-0.39, 0.29) is 52.0 Å². The summed E-state index contributed by atoms with van der Waals surface area (Å²) < 4.78 is 24.9. The second kappa shape index (κ2) is 8.77. The van der Waals surface area contributed by atoms with Crippen molar-refractivity contribution in [3.8, 4) is 11.5 Å². The van der Waals surface area contributed by atoms with Crippen molar-refractivity contribution in [2.75, 3.05) is 6.54 Å². The van der Waals surface area contributed by atoms with Gasteiger partial charge in [-0.2, -0.15) is 0 Å². The summed E-state index contributed by atoms with van der Waals surface area (Å²) in [6.07, 6.45) is 8.07. The van der Waals surface area contributed by atoms with Gasteiger partial charge < -0.3 is 34.8 Å². The first-order valence-electron chi connectivity index (χ1n) is 14.4. The van der Waals surface area contributed by atoms with Crippen LogP contribution in [0.15, 0.2) is 44.9 Å². The molecule has 9 nitrogen and oxygen atoms in total. The molecule has 40 heavy (non-hydrogen) atoms. The molecule has 5 aliphatic heterocycles. The van der Waals surface area contributed by atoms with Gasteiger partial charge in [0.05, 0.1) is 11.9 Å². The highest BCUT2D eigenvalue weighted by Crippen LogP contribution is 2.60. The number of phenolic OH excluding ortho intramolecular Hbond substituents is 1. The lowest BCUT2D eigenvalue weighted by atomic mass is 9.66. The number of carbonyl (C=O) groups excluding carboxylic acids is 1. The van der Waals surface area contributed by atoms with Gasteiger partial charge in [-0.05, 0) is 76.9 Å². The fraction of sp³-hybridized carbons (Fsp3) is 0.548. The number of nitrogens with one attached hydrogen (secondary N) is 1. The average Bonchev–Trinajstić information content (AvgIpc) is 3.61. The van der Waals surface area contributed by atoms with Gasteiger partial charge >= 0.3 is 5.97 Å². The fourth-order valence-corrected chi connectivity index (χ4v) is 7.82. The van der Waals surface area contributed by atoms with Crippen LogP contribution in [0.5, 0.6) is 11.5 Å². The van der Waals surface area contributed by atoms with Gasteiger partial charge in [-0.15, -0.1) is 0 Å². The number of esters is 1. The molecule has 1 aromatic carbocycles. The van der Waals surface area contributed by atoms with Gasteiger partial charge in [0.15, 0.2) is 11.0 Å². The number of ether oxygens (including phenoxy) is 3. The lowest BCUT2D eigenvalue weighted by Gasteiger charge is -2.47. The lowest BCUT2D eigenvalue weighted by Crippen LogP contribution is -2.53. The Kier molecular flexibility index (Phi) is 5.59. The summed E-state index contributed by atoms with van der Waals surface area (Å²) in [5.74, 6) is 1.00. The van der Waals surface area contributed by atoms with Gasteiger partial charge in [0.2, 0.25) is 0 Å². The number of benzene rings is 1. The number of fused-ring (bicyclic) bond motifs is 5. The van der Waals surface area contributed by atoms with Gasteiger partial charge in [-0.25, -0.2) is 4.79 Å². The quantitative estimate of drug-likeness (QED) is 0.383. The molecule has 1 spiro atoms. The van der Waals surface area contributed by atoms with Crippen molar-refractivity contribution in [1.29, 1.82) is 0 Å². The van der Waals surface area contributed by atoms with E-state index in [9.17, 15) is 14.7 Å². The number of aryl methyl sites for hydroxylation is 1. The zero-order valence-corrected chi connectivity index (χ0v) is 23.1. The topological polar surface area (TPSA) is 137 Å². The first-order valence-corrected chi connectivity index (χ1v) is 14.4. The van der Waals surface area contributed by atoms with Gasteiger partial charge in [0.1, 0.15) is 39.9 Å². The predicted molar refractivity (Wildman–Crippen MR) is 147 cm³/mol. The number of hydrogen-bond donors (Lipinski definition) is 3.